The first-order chi connectivity index (χ1) is 14.7. The minimum atomic E-state index is 0.454. The topological polar surface area (TPSA) is 17.1 Å². The molecule has 0 N–H and O–H groups in total. The number of unbranched alkanes of at least 4 members (excludes halogenated alkanes) is 10. The van der Waals surface area contributed by atoms with Crippen LogP contribution in [0.2, 0.25) is 0 Å². The summed E-state index contributed by atoms with van der Waals surface area (Å²) in [6.07, 6.45) is 31.0. The minimum absolute atomic E-state index is 0.454. The zero-order valence-corrected chi connectivity index (χ0v) is 21.1. The van der Waals surface area contributed by atoms with Crippen molar-refractivity contribution >= 4 is 5.78 Å². The number of hydrogen-bond donors (Lipinski definition) is 0. The molecule has 0 amide bonds. The fraction of sp³-hybridized carbons (Fsp3) is 0.828. The van der Waals surface area contributed by atoms with E-state index in [4.69, 9.17) is 0 Å². The molecule has 0 aliphatic rings. The Labute approximate surface area is 190 Å². The van der Waals surface area contributed by atoms with E-state index in [2.05, 4.69) is 52.0 Å². The van der Waals surface area contributed by atoms with Gasteiger partial charge in [-0.15, -0.1) is 0 Å². The molecular formula is C29H54O. The second kappa shape index (κ2) is 22.8. The van der Waals surface area contributed by atoms with Crippen LogP contribution in [0.4, 0.5) is 0 Å². The fourth-order valence-corrected chi connectivity index (χ4v) is 4.12. The molecule has 2 atom stereocenters. The maximum Gasteiger partial charge on any atom is 0.134 e. The highest BCUT2D eigenvalue weighted by Gasteiger charge is 2.15. The monoisotopic (exact) mass is 418 g/mol. The first-order valence-corrected chi connectivity index (χ1v) is 13.5. The van der Waals surface area contributed by atoms with Crippen LogP contribution in [0.25, 0.3) is 0 Å². The molecule has 0 rings (SSSR count). The number of carbonyl (C=O) groups excluding carboxylic acids is 1. The van der Waals surface area contributed by atoms with Crippen molar-refractivity contribution in [3.05, 3.63) is 24.3 Å². The van der Waals surface area contributed by atoms with Gasteiger partial charge in [0.25, 0.3) is 0 Å². The van der Waals surface area contributed by atoms with E-state index >= 15 is 0 Å². The Morgan fingerprint density at radius 2 is 0.933 bits per heavy atom. The maximum atomic E-state index is 12.9. The van der Waals surface area contributed by atoms with Crippen LogP contribution in [-0.2, 0) is 4.79 Å². The number of carbonyl (C=O) groups is 1. The number of ketones is 1. The van der Waals surface area contributed by atoms with Crippen LogP contribution >= 0.6 is 0 Å². The molecule has 0 aromatic heterocycles. The highest BCUT2D eigenvalue weighted by Crippen LogP contribution is 2.22. The molecule has 0 spiro atoms. The van der Waals surface area contributed by atoms with Crippen LogP contribution in [0.15, 0.2) is 24.3 Å². The molecule has 176 valence electrons. The number of hydrogen-bond acceptors (Lipinski definition) is 1. The van der Waals surface area contributed by atoms with Crippen molar-refractivity contribution < 1.29 is 4.79 Å². The van der Waals surface area contributed by atoms with Gasteiger partial charge in [0.2, 0.25) is 0 Å². The summed E-state index contributed by atoms with van der Waals surface area (Å²) < 4.78 is 0. The third-order valence-electron chi connectivity index (χ3n) is 6.10. The second-order valence-corrected chi connectivity index (χ2v) is 9.31. The Morgan fingerprint density at radius 1 is 0.567 bits per heavy atom. The van der Waals surface area contributed by atoms with Gasteiger partial charge in [0, 0.05) is 12.8 Å². The first-order valence-electron chi connectivity index (χ1n) is 13.5. The average molecular weight is 419 g/mol. The van der Waals surface area contributed by atoms with Crippen LogP contribution < -0.4 is 0 Å². The van der Waals surface area contributed by atoms with Crippen LogP contribution in [0.3, 0.4) is 0 Å². The van der Waals surface area contributed by atoms with Gasteiger partial charge in [-0.3, -0.25) is 4.79 Å². The van der Waals surface area contributed by atoms with Gasteiger partial charge in [0.15, 0.2) is 0 Å². The summed E-state index contributed by atoms with van der Waals surface area (Å²) in [5, 5.41) is 0. The Bertz CT molecular complexity index is 382. The SMILES string of the molecule is CCCCCC=CC(CCCCC)CC(=O)CC(C=CCCCCC)CCCCC. The molecule has 0 bridgehead atoms. The standard InChI is InChI=1S/C29H54O/c1-5-9-13-15-19-23-27(21-17-11-7-3)25-29(30)26-28(22-18-12-8-4)24-20-16-14-10-6-2/h19-20,23-24,27-28H,5-18,21-22,25-26H2,1-4H3. The molecule has 30 heavy (non-hydrogen) atoms. The third kappa shape index (κ3) is 19.1. The minimum Gasteiger partial charge on any atom is -0.300 e. The zero-order chi connectivity index (χ0) is 22.3. The van der Waals surface area contributed by atoms with Gasteiger partial charge < -0.3 is 0 Å². The summed E-state index contributed by atoms with van der Waals surface area (Å²) in [5.74, 6) is 1.39. The predicted molar refractivity (Wildman–Crippen MR) is 136 cm³/mol. The van der Waals surface area contributed by atoms with Crippen LogP contribution in [0, 0.1) is 11.8 Å². The van der Waals surface area contributed by atoms with Crippen molar-refractivity contribution in [3.8, 4) is 0 Å². The Kier molecular flexibility index (Phi) is 22.2. The van der Waals surface area contributed by atoms with Crippen LogP contribution in [-0.4, -0.2) is 5.78 Å². The molecule has 1 heteroatoms. The number of allylic oxidation sites excluding steroid dienone is 4. The van der Waals surface area contributed by atoms with Crippen molar-refractivity contribution in [3.63, 3.8) is 0 Å². The number of rotatable bonds is 22. The molecule has 0 heterocycles. The lowest BCUT2D eigenvalue weighted by molar-refractivity contribution is -0.120. The summed E-state index contributed by atoms with van der Waals surface area (Å²) in [6.45, 7) is 9.03. The van der Waals surface area contributed by atoms with Gasteiger partial charge in [-0.05, 0) is 50.4 Å². The number of Topliss-reactive ketones (excluding diaryl/α,β-unsaturated/α-hetero) is 1. The van der Waals surface area contributed by atoms with E-state index in [0.29, 0.717) is 17.6 Å². The molecule has 0 aromatic carbocycles. The van der Waals surface area contributed by atoms with Gasteiger partial charge >= 0.3 is 0 Å². The molecule has 0 saturated carbocycles. The molecule has 0 aliphatic carbocycles. The Balaban J connectivity index is 4.67. The smallest absolute Gasteiger partial charge is 0.134 e. The van der Waals surface area contributed by atoms with Gasteiger partial charge in [-0.2, -0.15) is 0 Å². The average Bonchev–Trinajstić information content (AvgIpc) is 2.73. The first kappa shape index (κ1) is 29.1. The lowest BCUT2D eigenvalue weighted by Crippen LogP contribution is -2.11. The molecule has 0 saturated heterocycles. The molecule has 0 radical (unpaired) electrons. The van der Waals surface area contributed by atoms with E-state index < -0.39 is 0 Å². The van der Waals surface area contributed by atoms with Crippen LogP contribution in [0.5, 0.6) is 0 Å². The van der Waals surface area contributed by atoms with Gasteiger partial charge in [0.05, 0.1) is 0 Å². The normalized spacial score (nSPS) is 14.0. The lowest BCUT2D eigenvalue weighted by atomic mass is 9.89. The summed E-state index contributed by atoms with van der Waals surface area (Å²) in [4.78, 5) is 12.9. The van der Waals surface area contributed by atoms with Gasteiger partial charge in [-0.1, -0.05) is 116 Å². The lowest BCUT2D eigenvalue weighted by Gasteiger charge is -2.16. The highest BCUT2D eigenvalue weighted by atomic mass is 16.1. The van der Waals surface area contributed by atoms with Crippen molar-refractivity contribution in [1.82, 2.24) is 0 Å². The molecule has 2 unspecified atom stereocenters. The van der Waals surface area contributed by atoms with E-state index in [-0.39, 0.29) is 0 Å². The third-order valence-corrected chi connectivity index (χ3v) is 6.10. The predicted octanol–water partition coefficient (Wildman–Crippen LogP) is 10.0. The van der Waals surface area contributed by atoms with Crippen LogP contribution in [0.1, 0.15) is 143 Å². The quantitative estimate of drug-likeness (QED) is 0.126. The van der Waals surface area contributed by atoms with Crippen molar-refractivity contribution in [2.24, 2.45) is 11.8 Å². The van der Waals surface area contributed by atoms with Gasteiger partial charge in [0.1, 0.15) is 5.78 Å². The van der Waals surface area contributed by atoms with Crippen molar-refractivity contribution in [1.29, 1.82) is 0 Å². The van der Waals surface area contributed by atoms with Crippen molar-refractivity contribution in [2.45, 2.75) is 143 Å². The molecule has 0 aromatic rings. The van der Waals surface area contributed by atoms with E-state index in [1.807, 2.05) is 0 Å². The summed E-state index contributed by atoms with van der Waals surface area (Å²) in [7, 11) is 0. The molecule has 0 fully saturated rings. The van der Waals surface area contributed by atoms with E-state index in [0.717, 1.165) is 12.8 Å². The summed E-state index contributed by atoms with van der Waals surface area (Å²) in [6, 6.07) is 0. The van der Waals surface area contributed by atoms with Gasteiger partial charge in [-0.25, -0.2) is 0 Å². The largest absolute Gasteiger partial charge is 0.300 e. The summed E-state index contributed by atoms with van der Waals surface area (Å²) in [5.41, 5.74) is 0. The molecular weight excluding hydrogens is 364 g/mol. The molecule has 1 nitrogen and oxygen atoms in total. The zero-order valence-electron chi connectivity index (χ0n) is 21.1. The van der Waals surface area contributed by atoms with E-state index in [1.54, 1.807) is 0 Å². The fourth-order valence-electron chi connectivity index (χ4n) is 4.12. The Morgan fingerprint density at radius 3 is 1.30 bits per heavy atom. The Hall–Kier alpha value is -0.850. The second-order valence-electron chi connectivity index (χ2n) is 9.31. The van der Waals surface area contributed by atoms with Crippen molar-refractivity contribution in [2.75, 3.05) is 0 Å². The van der Waals surface area contributed by atoms with E-state index in [1.165, 1.54) is 103 Å². The molecule has 0 aliphatic heterocycles. The maximum absolute atomic E-state index is 12.9. The van der Waals surface area contributed by atoms with E-state index in [9.17, 15) is 4.79 Å². The summed E-state index contributed by atoms with van der Waals surface area (Å²) >= 11 is 0. The highest BCUT2D eigenvalue weighted by molar-refractivity contribution is 5.79.